The van der Waals surface area contributed by atoms with Gasteiger partial charge in [0, 0.05) is 0 Å². The lowest BCUT2D eigenvalue weighted by Crippen LogP contribution is -2.25. The maximum atomic E-state index is 10.6. The van der Waals surface area contributed by atoms with Gasteiger partial charge in [0.25, 0.3) is 5.91 Å². The van der Waals surface area contributed by atoms with Crippen LogP contribution in [-0.2, 0) is 14.4 Å². The summed E-state index contributed by atoms with van der Waals surface area (Å²) in [5.41, 5.74) is 2.01. The van der Waals surface area contributed by atoms with E-state index in [9.17, 15) is 9.59 Å². The number of nitrogens with one attached hydrogen (secondary N) is 1. The van der Waals surface area contributed by atoms with Gasteiger partial charge in [-0.05, 0) is 6.92 Å². The number of terminal acetylenes is 1. The molecule has 0 saturated heterocycles. The average molecular weight is 155 g/mol. The Morgan fingerprint density at radius 3 is 2.73 bits per heavy atom. The number of carbonyl (C=O) groups excluding carboxylic acids is 2. The van der Waals surface area contributed by atoms with Gasteiger partial charge in [-0.15, -0.1) is 6.42 Å². The van der Waals surface area contributed by atoms with Crippen molar-refractivity contribution >= 4 is 11.7 Å². The van der Waals surface area contributed by atoms with Gasteiger partial charge in [0.05, 0.1) is 6.42 Å². The van der Waals surface area contributed by atoms with Crippen molar-refractivity contribution in [2.45, 2.75) is 13.3 Å². The Morgan fingerprint density at radius 2 is 2.27 bits per heavy atom. The largest absolute Gasteiger partial charge is 0.299 e. The highest BCUT2D eigenvalue weighted by molar-refractivity contribution is 5.96. The van der Waals surface area contributed by atoms with Gasteiger partial charge in [-0.3, -0.25) is 14.4 Å². The van der Waals surface area contributed by atoms with Crippen LogP contribution in [0, 0.1) is 12.3 Å². The zero-order valence-corrected chi connectivity index (χ0v) is 6.22. The Hall–Kier alpha value is -1.34. The number of hydrogen-bond donors (Lipinski definition) is 1. The van der Waals surface area contributed by atoms with E-state index < -0.39 is 5.91 Å². The van der Waals surface area contributed by atoms with E-state index >= 15 is 0 Å². The molecule has 0 radical (unpaired) electrons. The first kappa shape index (κ1) is 9.66. The lowest BCUT2D eigenvalue weighted by Gasteiger charge is -1.99. The number of carbonyl (C=O) groups is 2. The van der Waals surface area contributed by atoms with Gasteiger partial charge in [-0.25, -0.2) is 5.48 Å². The quantitative estimate of drug-likeness (QED) is 0.261. The SMILES string of the molecule is C#CCONC(=O)CC(C)=O. The molecule has 0 aliphatic carbocycles. The molecule has 0 aromatic rings. The molecule has 0 saturated carbocycles. The second kappa shape index (κ2) is 5.45. The summed E-state index contributed by atoms with van der Waals surface area (Å²) in [6.45, 7) is 1.32. The van der Waals surface area contributed by atoms with Gasteiger partial charge in [0.15, 0.2) is 0 Å². The first-order valence-corrected chi connectivity index (χ1v) is 3.00. The maximum Gasteiger partial charge on any atom is 0.250 e. The first-order chi connectivity index (χ1) is 5.16. The Labute approximate surface area is 64.9 Å². The molecule has 0 heterocycles. The van der Waals surface area contributed by atoms with E-state index in [4.69, 9.17) is 6.42 Å². The van der Waals surface area contributed by atoms with Crippen molar-refractivity contribution in [3.8, 4) is 12.3 Å². The van der Waals surface area contributed by atoms with Crippen molar-refractivity contribution in [2.75, 3.05) is 6.61 Å². The highest BCUT2D eigenvalue weighted by Crippen LogP contribution is 1.80. The molecule has 0 atom stereocenters. The third kappa shape index (κ3) is 6.55. The van der Waals surface area contributed by atoms with Crippen molar-refractivity contribution in [3.05, 3.63) is 0 Å². The Balaban J connectivity index is 3.39. The molecule has 0 rings (SSSR count). The summed E-state index contributed by atoms with van der Waals surface area (Å²) in [6, 6.07) is 0. The predicted octanol–water partition coefficient (Wildman–Crippen LogP) is -0.353. The summed E-state index contributed by atoms with van der Waals surface area (Å²) in [5, 5.41) is 0. The van der Waals surface area contributed by atoms with Gasteiger partial charge in [-0.1, -0.05) is 5.92 Å². The fourth-order valence-corrected chi connectivity index (χ4v) is 0.420. The summed E-state index contributed by atoms with van der Waals surface area (Å²) in [5.74, 6) is 1.46. The van der Waals surface area contributed by atoms with Gasteiger partial charge >= 0.3 is 0 Å². The lowest BCUT2D eigenvalue weighted by molar-refractivity contribution is -0.135. The number of amides is 1. The molecular formula is C7H9NO3. The highest BCUT2D eigenvalue weighted by Gasteiger charge is 2.02. The molecule has 4 heteroatoms. The molecule has 0 spiro atoms. The Bertz CT molecular complexity index is 192. The summed E-state index contributed by atoms with van der Waals surface area (Å²) in [6.07, 6.45) is 4.65. The Kier molecular flexibility index (Phi) is 4.78. The first-order valence-electron chi connectivity index (χ1n) is 3.00. The zero-order valence-electron chi connectivity index (χ0n) is 6.22. The molecule has 0 aromatic carbocycles. The van der Waals surface area contributed by atoms with E-state index in [1.54, 1.807) is 0 Å². The van der Waals surface area contributed by atoms with Crippen LogP contribution in [0.2, 0.25) is 0 Å². The maximum absolute atomic E-state index is 10.6. The fourth-order valence-electron chi connectivity index (χ4n) is 0.420. The monoisotopic (exact) mass is 155 g/mol. The summed E-state index contributed by atoms with van der Waals surface area (Å²) < 4.78 is 0. The van der Waals surface area contributed by atoms with Crippen LogP contribution in [0.5, 0.6) is 0 Å². The van der Waals surface area contributed by atoms with Crippen LogP contribution in [0.25, 0.3) is 0 Å². The minimum absolute atomic E-state index is 0.00362. The van der Waals surface area contributed by atoms with Crippen LogP contribution < -0.4 is 5.48 Å². The van der Waals surface area contributed by atoms with Crippen molar-refractivity contribution in [1.82, 2.24) is 5.48 Å². The third-order valence-corrected chi connectivity index (χ3v) is 0.751. The number of ketones is 1. The minimum Gasteiger partial charge on any atom is -0.299 e. The van der Waals surface area contributed by atoms with Gasteiger partial charge in [0.1, 0.15) is 12.4 Å². The lowest BCUT2D eigenvalue weighted by atomic mass is 10.3. The smallest absolute Gasteiger partial charge is 0.250 e. The normalized spacial score (nSPS) is 8.36. The summed E-state index contributed by atoms with van der Waals surface area (Å²) in [4.78, 5) is 25.4. The molecule has 0 unspecified atom stereocenters. The van der Waals surface area contributed by atoms with E-state index in [2.05, 4.69) is 10.8 Å². The molecule has 1 N–H and O–H groups in total. The van der Waals surface area contributed by atoms with Crippen molar-refractivity contribution in [2.24, 2.45) is 0 Å². The van der Waals surface area contributed by atoms with Crippen molar-refractivity contribution in [3.63, 3.8) is 0 Å². The second-order valence-electron chi connectivity index (χ2n) is 1.90. The van der Waals surface area contributed by atoms with E-state index in [1.807, 2.05) is 5.48 Å². The summed E-state index contributed by atoms with van der Waals surface area (Å²) in [7, 11) is 0. The number of Topliss-reactive ketones (excluding diaryl/α,β-unsaturated/α-hetero) is 1. The van der Waals surface area contributed by atoms with E-state index in [-0.39, 0.29) is 18.8 Å². The van der Waals surface area contributed by atoms with Crippen LogP contribution in [-0.4, -0.2) is 18.3 Å². The molecule has 4 nitrogen and oxygen atoms in total. The van der Waals surface area contributed by atoms with Crippen LogP contribution in [0.1, 0.15) is 13.3 Å². The van der Waals surface area contributed by atoms with Gasteiger partial charge in [-0.2, -0.15) is 0 Å². The predicted molar refractivity (Wildman–Crippen MR) is 38.2 cm³/mol. The van der Waals surface area contributed by atoms with Gasteiger partial charge in [0.2, 0.25) is 0 Å². The van der Waals surface area contributed by atoms with Crippen molar-refractivity contribution < 1.29 is 14.4 Å². The molecule has 0 aliphatic heterocycles. The van der Waals surface area contributed by atoms with Crippen LogP contribution in [0.3, 0.4) is 0 Å². The van der Waals surface area contributed by atoms with E-state index in [0.717, 1.165) is 0 Å². The molecule has 1 amide bonds. The highest BCUT2D eigenvalue weighted by atomic mass is 16.6. The number of hydrogen-bond acceptors (Lipinski definition) is 3. The topological polar surface area (TPSA) is 55.4 Å². The standard InChI is InChI=1S/C7H9NO3/c1-3-4-11-8-7(10)5-6(2)9/h1H,4-5H2,2H3,(H,8,10). The van der Waals surface area contributed by atoms with E-state index in [0.29, 0.717) is 0 Å². The van der Waals surface area contributed by atoms with Gasteiger partial charge < -0.3 is 0 Å². The second-order valence-corrected chi connectivity index (χ2v) is 1.90. The summed E-state index contributed by atoms with van der Waals surface area (Å²) >= 11 is 0. The minimum atomic E-state index is -0.479. The van der Waals surface area contributed by atoms with Crippen LogP contribution >= 0.6 is 0 Å². The van der Waals surface area contributed by atoms with Crippen LogP contribution in [0.15, 0.2) is 0 Å². The Morgan fingerprint density at radius 1 is 1.64 bits per heavy atom. The molecule has 0 aromatic heterocycles. The molecule has 11 heavy (non-hydrogen) atoms. The van der Waals surface area contributed by atoms with Crippen LogP contribution in [0.4, 0.5) is 0 Å². The van der Waals surface area contributed by atoms with Crippen molar-refractivity contribution in [1.29, 1.82) is 0 Å². The molecule has 0 fully saturated rings. The average Bonchev–Trinajstić information content (AvgIpc) is 1.86. The fraction of sp³-hybridized carbons (Fsp3) is 0.429. The zero-order chi connectivity index (χ0) is 8.69. The third-order valence-electron chi connectivity index (χ3n) is 0.751. The molecular weight excluding hydrogens is 146 g/mol. The molecule has 0 aliphatic rings. The number of rotatable bonds is 4. The molecule has 60 valence electrons. The van der Waals surface area contributed by atoms with E-state index in [1.165, 1.54) is 6.92 Å². The number of hydroxylamine groups is 1. The molecule has 0 bridgehead atoms.